The fourth-order valence-electron chi connectivity index (χ4n) is 3.22. The summed E-state index contributed by atoms with van der Waals surface area (Å²) in [6.07, 6.45) is 13.1. The summed E-state index contributed by atoms with van der Waals surface area (Å²) in [5.41, 5.74) is -1.06. The van der Waals surface area contributed by atoms with Gasteiger partial charge < -0.3 is 9.47 Å². The van der Waals surface area contributed by atoms with Gasteiger partial charge in [-0.1, -0.05) is 65.2 Å². The van der Waals surface area contributed by atoms with Gasteiger partial charge >= 0.3 is 63.3 Å². The summed E-state index contributed by atoms with van der Waals surface area (Å²) in [6.45, 7) is 12.0. The van der Waals surface area contributed by atoms with Crippen LogP contribution in [0.1, 0.15) is 125 Å². The van der Waals surface area contributed by atoms with Crippen LogP contribution in [-0.4, -0.2) is 74.5 Å². The van der Waals surface area contributed by atoms with Crippen LogP contribution >= 0.6 is 0 Å². The zero-order chi connectivity index (χ0) is 20.8. The number of carbonyl (C=O) groups excluding carboxylic acids is 2. The Labute approximate surface area is 216 Å². The molecule has 0 unspecified atom stereocenters. The average Bonchev–Trinajstić information content (AvgIpc) is 2.52. The van der Waals surface area contributed by atoms with E-state index in [0.717, 1.165) is 38.5 Å². The van der Waals surface area contributed by atoms with Crippen molar-refractivity contribution < 1.29 is 19.1 Å². The standard InChI is InChI=1S/C23H44O4.K.H/c1-7-9-11-13-15-17-22(3,4)26-20(24)19-21(25)27-23(5,6)18-16-14-12-10-8-2;;/h7-19H2,1-6H3;;. The van der Waals surface area contributed by atoms with Gasteiger partial charge in [-0.05, 0) is 53.4 Å². The summed E-state index contributed by atoms with van der Waals surface area (Å²) >= 11 is 0. The molecule has 0 saturated heterocycles. The molecule has 0 bridgehead atoms. The molecule has 0 radical (unpaired) electrons. The van der Waals surface area contributed by atoms with Gasteiger partial charge in [-0.2, -0.15) is 0 Å². The molecule has 0 heterocycles. The number of rotatable bonds is 16. The number of hydrogen-bond donors (Lipinski definition) is 0. The summed E-state index contributed by atoms with van der Waals surface area (Å²) in [7, 11) is 0. The zero-order valence-electron chi connectivity index (χ0n) is 18.8. The molecule has 162 valence electrons. The van der Waals surface area contributed by atoms with Crippen LogP contribution in [-0.2, 0) is 19.1 Å². The third-order valence-electron chi connectivity index (χ3n) is 4.83. The van der Waals surface area contributed by atoms with Gasteiger partial charge in [0.2, 0.25) is 0 Å². The molecule has 5 heteroatoms. The minimum absolute atomic E-state index is 0. The molecule has 28 heavy (non-hydrogen) atoms. The van der Waals surface area contributed by atoms with Crippen LogP contribution in [0.25, 0.3) is 0 Å². The molecule has 0 aromatic rings. The first-order chi connectivity index (χ1) is 12.6. The SMILES string of the molecule is CCCCCCCC(C)(C)OC(=O)CC(=O)OC(C)(C)CCCCCCC.[KH]. The molecule has 0 aromatic heterocycles. The van der Waals surface area contributed by atoms with Crippen LogP contribution in [0.5, 0.6) is 0 Å². The van der Waals surface area contributed by atoms with E-state index in [1.807, 2.05) is 27.7 Å². The molecular weight excluding hydrogens is 379 g/mol. The van der Waals surface area contributed by atoms with Gasteiger partial charge in [0.25, 0.3) is 0 Å². The molecule has 0 rings (SSSR count). The number of ether oxygens (including phenoxy) is 2. The molecule has 0 aliphatic carbocycles. The number of unbranched alkanes of at least 4 members (excludes halogenated alkanes) is 8. The molecule has 0 atom stereocenters. The first-order valence-corrected chi connectivity index (χ1v) is 11.1. The van der Waals surface area contributed by atoms with Crippen molar-refractivity contribution in [3.8, 4) is 0 Å². The van der Waals surface area contributed by atoms with Crippen molar-refractivity contribution in [1.29, 1.82) is 0 Å². The Bertz CT molecular complexity index is 381. The monoisotopic (exact) mass is 424 g/mol. The van der Waals surface area contributed by atoms with Gasteiger partial charge in [0, 0.05) is 0 Å². The van der Waals surface area contributed by atoms with Crippen LogP contribution in [0.15, 0.2) is 0 Å². The Morgan fingerprint density at radius 2 is 0.929 bits per heavy atom. The molecule has 4 nitrogen and oxygen atoms in total. The quantitative estimate of drug-likeness (QED) is 0.130. The van der Waals surface area contributed by atoms with Crippen LogP contribution < -0.4 is 0 Å². The minimum atomic E-state index is -0.529. The molecule has 0 spiro atoms. The Kier molecular flexibility index (Phi) is 19.0. The molecule has 0 amide bonds. The summed E-state index contributed by atoms with van der Waals surface area (Å²) in [5.74, 6) is -0.977. The van der Waals surface area contributed by atoms with E-state index in [1.165, 1.54) is 38.5 Å². The average molecular weight is 425 g/mol. The molecule has 0 aliphatic heterocycles. The van der Waals surface area contributed by atoms with Crippen LogP contribution in [0.4, 0.5) is 0 Å². The van der Waals surface area contributed by atoms with Crippen LogP contribution in [0.3, 0.4) is 0 Å². The predicted molar refractivity (Wildman–Crippen MR) is 119 cm³/mol. The van der Waals surface area contributed by atoms with Gasteiger partial charge in [0.1, 0.15) is 17.6 Å². The summed E-state index contributed by atoms with van der Waals surface area (Å²) in [5, 5.41) is 0. The van der Waals surface area contributed by atoms with Crippen molar-refractivity contribution >= 4 is 63.3 Å². The van der Waals surface area contributed by atoms with Gasteiger partial charge in [-0.3, -0.25) is 9.59 Å². The van der Waals surface area contributed by atoms with Crippen molar-refractivity contribution in [3.63, 3.8) is 0 Å². The number of hydrogen-bond acceptors (Lipinski definition) is 4. The molecule has 0 aliphatic rings. The first kappa shape index (κ1) is 30.8. The van der Waals surface area contributed by atoms with E-state index < -0.39 is 23.1 Å². The van der Waals surface area contributed by atoms with Gasteiger partial charge in [0.15, 0.2) is 0 Å². The van der Waals surface area contributed by atoms with Crippen molar-refractivity contribution in [3.05, 3.63) is 0 Å². The van der Waals surface area contributed by atoms with Gasteiger partial charge in [0.05, 0.1) is 0 Å². The van der Waals surface area contributed by atoms with E-state index in [-0.39, 0.29) is 57.8 Å². The Balaban J connectivity index is 0. The van der Waals surface area contributed by atoms with Crippen molar-refractivity contribution in [2.75, 3.05) is 0 Å². The predicted octanol–water partition coefficient (Wildman–Crippen LogP) is 6.09. The normalized spacial score (nSPS) is 11.6. The van der Waals surface area contributed by atoms with E-state index in [2.05, 4.69) is 13.8 Å². The van der Waals surface area contributed by atoms with Crippen molar-refractivity contribution in [2.24, 2.45) is 0 Å². The van der Waals surface area contributed by atoms with Gasteiger partial charge in [-0.15, -0.1) is 0 Å². The summed E-state index contributed by atoms with van der Waals surface area (Å²) in [6, 6.07) is 0. The summed E-state index contributed by atoms with van der Waals surface area (Å²) < 4.78 is 11.0. The van der Waals surface area contributed by atoms with E-state index >= 15 is 0 Å². The maximum atomic E-state index is 12.1. The molecule has 0 aromatic carbocycles. The third kappa shape index (κ3) is 18.6. The van der Waals surface area contributed by atoms with Crippen LogP contribution in [0, 0.1) is 0 Å². The fourth-order valence-corrected chi connectivity index (χ4v) is 3.22. The second-order valence-corrected chi connectivity index (χ2v) is 8.97. The first-order valence-electron chi connectivity index (χ1n) is 11.1. The van der Waals surface area contributed by atoms with E-state index in [0.29, 0.717) is 0 Å². The van der Waals surface area contributed by atoms with Crippen molar-refractivity contribution in [1.82, 2.24) is 0 Å². The topological polar surface area (TPSA) is 52.6 Å². The Morgan fingerprint density at radius 1 is 0.607 bits per heavy atom. The maximum absolute atomic E-state index is 12.1. The summed E-state index contributed by atoms with van der Waals surface area (Å²) in [4.78, 5) is 24.2. The third-order valence-corrected chi connectivity index (χ3v) is 4.83. The number of esters is 2. The number of carbonyl (C=O) groups is 2. The zero-order valence-corrected chi connectivity index (χ0v) is 18.8. The molecule has 0 saturated carbocycles. The van der Waals surface area contributed by atoms with Crippen LogP contribution in [0.2, 0.25) is 0 Å². The molecule has 0 N–H and O–H groups in total. The Hall–Kier alpha value is 0.576. The van der Waals surface area contributed by atoms with E-state index in [4.69, 9.17) is 9.47 Å². The van der Waals surface area contributed by atoms with E-state index in [1.54, 1.807) is 0 Å². The second kappa shape index (κ2) is 17.3. The van der Waals surface area contributed by atoms with Gasteiger partial charge in [-0.25, -0.2) is 0 Å². The Morgan fingerprint density at radius 3 is 1.25 bits per heavy atom. The molecule has 0 fully saturated rings. The second-order valence-electron chi connectivity index (χ2n) is 8.97. The van der Waals surface area contributed by atoms with Crippen molar-refractivity contribution in [2.45, 2.75) is 136 Å². The fraction of sp³-hybridized carbons (Fsp3) is 0.913. The molecular formula is C23H45KO4. The van der Waals surface area contributed by atoms with E-state index in [9.17, 15) is 9.59 Å².